The Bertz CT molecular complexity index is 496. The summed E-state index contributed by atoms with van der Waals surface area (Å²) in [7, 11) is 5.05. The molecule has 1 rings (SSSR count). The van der Waals surface area contributed by atoms with E-state index >= 15 is 0 Å². The van der Waals surface area contributed by atoms with E-state index in [1.165, 1.54) is 0 Å². The normalized spacial score (nSPS) is 28.9. The zero-order chi connectivity index (χ0) is 13.9. The van der Waals surface area contributed by atoms with Crippen LogP contribution in [-0.2, 0) is 22.5 Å². The molecule has 0 unspecified atom stereocenters. The minimum atomic E-state index is -6.22. The fourth-order valence-corrected chi connectivity index (χ4v) is 15.9. The van der Waals surface area contributed by atoms with Crippen molar-refractivity contribution in [2.45, 2.75) is 29.8 Å². The first-order valence-electron chi connectivity index (χ1n) is 6.30. The van der Waals surface area contributed by atoms with Crippen molar-refractivity contribution in [3.63, 3.8) is 0 Å². The monoisotopic (exact) mass is 413 g/mol. The Morgan fingerprint density at radius 2 is 1.29 bits per heavy atom. The van der Waals surface area contributed by atoms with Crippen LogP contribution in [-0.4, -0.2) is 21.3 Å². The molecule has 103 valence electrons. The van der Waals surface area contributed by atoms with Crippen LogP contribution >= 0.6 is 0 Å². The van der Waals surface area contributed by atoms with Gasteiger partial charge in [0.1, 0.15) is 0 Å². The number of rotatable bonds is 4. The summed E-state index contributed by atoms with van der Waals surface area (Å²) in [6.45, 7) is 0. The Hall–Kier alpha value is 0.230. The predicted molar refractivity (Wildman–Crippen MR) is 72.2 cm³/mol. The first kappa shape index (κ1) is 15.3. The van der Waals surface area contributed by atoms with Crippen molar-refractivity contribution in [3.8, 4) is 0 Å². The molecule has 0 radical (unpaired) electrons. The average Bonchev–Trinajstić information content (AvgIpc) is 2.75. The molecule has 0 aliphatic heterocycles. The molecule has 0 aromatic rings. The Labute approximate surface area is 94.9 Å². The zero-order valence-corrected chi connectivity index (χ0v) is 16.3. The standard InChI is InChI=1S/C5H5.3CH3O.5CH3.Hf/c1-2-4-5-3-1;3*1-2;;;;;;/h1-3H,4H2;3*1H3;5*1H3;/q;3*-1;;;;;;+3. The van der Waals surface area contributed by atoms with Gasteiger partial charge < -0.3 is 0 Å². The molecule has 0 atom stereocenters. The number of hydrogen-bond acceptors (Lipinski definition) is 3. The quantitative estimate of drug-likeness (QED) is 0.633. The molecule has 1 aliphatic carbocycles. The van der Waals surface area contributed by atoms with Crippen LogP contribution in [0.2, 0.25) is 23.4 Å². The Morgan fingerprint density at radius 1 is 0.882 bits per heavy atom. The molecular weight excluding hydrogens is 383 g/mol. The van der Waals surface area contributed by atoms with Gasteiger partial charge in [0.2, 0.25) is 0 Å². The third-order valence-corrected chi connectivity index (χ3v) is 50.1. The maximum atomic E-state index is 6.27. The van der Waals surface area contributed by atoms with Gasteiger partial charge >= 0.3 is 95.2 Å². The molecule has 1 aliphatic rings. The van der Waals surface area contributed by atoms with Crippen molar-refractivity contribution in [2.75, 3.05) is 21.3 Å². The van der Waals surface area contributed by atoms with E-state index in [0.717, 1.165) is 9.75 Å². The fraction of sp³-hybridized carbons (Fsp3) is 0.692. The van der Waals surface area contributed by atoms with Crippen LogP contribution in [0.25, 0.3) is 0 Å². The van der Waals surface area contributed by atoms with Gasteiger partial charge in [-0.3, -0.25) is 0 Å². The topological polar surface area (TPSA) is 27.7 Å². The molecule has 0 N–H and O–H groups in total. The summed E-state index contributed by atoms with van der Waals surface area (Å²) in [5.41, 5.74) is 0. The summed E-state index contributed by atoms with van der Waals surface area (Å²) in [5, 5.41) is 0. The van der Waals surface area contributed by atoms with Crippen LogP contribution in [0.15, 0.2) is 21.6 Å². The molecule has 0 heterocycles. The molecular formula is C13H29HfO3. The van der Waals surface area contributed by atoms with Gasteiger partial charge in [0.15, 0.2) is 0 Å². The van der Waals surface area contributed by atoms with Crippen LogP contribution in [0.3, 0.4) is 0 Å². The van der Waals surface area contributed by atoms with Crippen molar-refractivity contribution in [1.82, 2.24) is 0 Å². The van der Waals surface area contributed by atoms with Gasteiger partial charge in [0, 0.05) is 0 Å². The third-order valence-electron chi connectivity index (χ3n) is 6.64. The Balaban J connectivity index is 4.16. The Morgan fingerprint density at radius 3 is 1.53 bits per heavy atom. The van der Waals surface area contributed by atoms with E-state index in [-0.39, 0.29) is 0 Å². The van der Waals surface area contributed by atoms with Crippen LogP contribution in [0.4, 0.5) is 0 Å². The zero-order valence-electron chi connectivity index (χ0n) is 12.7. The summed E-state index contributed by atoms with van der Waals surface area (Å²) in [6, 6.07) is 0. The molecule has 17 heavy (non-hydrogen) atoms. The molecule has 0 saturated carbocycles. The van der Waals surface area contributed by atoms with Crippen LogP contribution in [0, 0.1) is 0 Å². The van der Waals surface area contributed by atoms with E-state index in [4.69, 9.17) is 8.56 Å². The van der Waals surface area contributed by atoms with Crippen molar-refractivity contribution in [3.05, 3.63) is 21.6 Å². The summed E-state index contributed by atoms with van der Waals surface area (Å²) in [4.78, 5) is 0. The molecule has 4 heteroatoms. The first-order valence-corrected chi connectivity index (χ1v) is 30.5. The van der Waals surface area contributed by atoms with Gasteiger partial charge in [-0.05, 0) is 0 Å². The van der Waals surface area contributed by atoms with E-state index in [1.54, 1.807) is 21.3 Å². The van der Waals surface area contributed by atoms with Gasteiger partial charge in [0.05, 0.1) is 0 Å². The van der Waals surface area contributed by atoms with E-state index in [9.17, 15) is 0 Å². The summed E-state index contributed by atoms with van der Waals surface area (Å²) >= 11 is -6.22. The third kappa shape index (κ3) is 1.47. The fourth-order valence-electron chi connectivity index (χ4n) is 2.24. The van der Waals surface area contributed by atoms with Gasteiger partial charge in [-0.25, -0.2) is 0 Å². The summed E-state index contributed by atoms with van der Waals surface area (Å²) < 4.78 is 30.0. The Kier molecular flexibility index (Phi) is 1.58. The molecule has 0 amide bonds. The minimum absolute atomic E-state index is 0.780. The average molecular weight is 412 g/mol. The van der Waals surface area contributed by atoms with Crippen LogP contribution < -0.4 is 0 Å². The summed E-state index contributed by atoms with van der Waals surface area (Å²) in [5.74, 6) is 0. The van der Waals surface area contributed by atoms with E-state index in [2.05, 4.69) is 12.2 Å². The van der Waals surface area contributed by atoms with Gasteiger partial charge in [-0.15, -0.1) is 0 Å². The molecule has 0 aromatic heterocycles. The molecule has 0 saturated heterocycles. The number of hydrogen-bond donors (Lipinski definition) is 0. The van der Waals surface area contributed by atoms with E-state index < -0.39 is 13.9 Å². The van der Waals surface area contributed by atoms with E-state index in [0.29, 0.717) is 0 Å². The SMILES string of the molecule is C[O][Hf]([CH3])([CH3])([CH3])([CH3])([CH3])([O]C)([O]C)[C]1=CC=CC1. The molecule has 0 bridgehead atoms. The number of allylic oxidation sites excluding steroid dienone is 4. The molecule has 3 nitrogen and oxygen atoms in total. The van der Waals surface area contributed by atoms with Crippen LogP contribution in [0.5, 0.6) is 0 Å². The second-order valence-corrected chi connectivity index (χ2v) is 89.4. The molecule has 0 aromatic carbocycles. The van der Waals surface area contributed by atoms with Gasteiger partial charge in [-0.1, -0.05) is 0 Å². The van der Waals surface area contributed by atoms with Crippen molar-refractivity contribution >= 4 is 0 Å². The second kappa shape index (κ2) is 1.76. The molecule has 0 spiro atoms. The van der Waals surface area contributed by atoms with Crippen molar-refractivity contribution in [1.29, 1.82) is 0 Å². The van der Waals surface area contributed by atoms with E-state index in [1.807, 2.05) is 29.5 Å². The van der Waals surface area contributed by atoms with Crippen molar-refractivity contribution in [2.24, 2.45) is 0 Å². The summed E-state index contributed by atoms with van der Waals surface area (Å²) in [6.07, 6.45) is 6.97. The van der Waals surface area contributed by atoms with Gasteiger partial charge in [0.25, 0.3) is 0 Å². The van der Waals surface area contributed by atoms with Crippen LogP contribution in [0.1, 0.15) is 6.42 Å². The second-order valence-electron chi connectivity index (χ2n) is 11.8. The maximum absolute atomic E-state index is 6.27. The van der Waals surface area contributed by atoms with Gasteiger partial charge in [-0.2, -0.15) is 0 Å². The first-order chi connectivity index (χ1) is 7.00. The molecule has 0 fully saturated rings. The predicted octanol–water partition coefficient (Wildman–Crippen LogP) is 4.59. The van der Waals surface area contributed by atoms with Crippen molar-refractivity contribution < 1.29 is 22.5 Å².